The van der Waals surface area contributed by atoms with Gasteiger partial charge in [-0.3, -0.25) is 0 Å². The molecule has 0 aromatic heterocycles. The Balaban J connectivity index is 3.20. The first kappa shape index (κ1) is 16.9. The average Bonchev–Trinajstić information content (AvgIpc) is 2.46. The van der Waals surface area contributed by atoms with E-state index in [0.29, 0.717) is 23.8 Å². The van der Waals surface area contributed by atoms with Gasteiger partial charge in [0.1, 0.15) is 17.2 Å². The largest absolute Gasteiger partial charge is 0.496 e. The Morgan fingerprint density at radius 2 is 1.38 bits per heavy atom. The molecule has 0 saturated carbocycles. The second-order valence-corrected chi connectivity index (χ2v) is 4.92. The third-order valence-electron chi connectivity index (χ3n) is 3.00. The molecular weight excluding hydrogens is 270 g/mol. The normalized spacial score (nSPS) is 9.86. The Morgan fingerprint density at radius 1 is 0.905 bits per heavy atom. The van der Waals surface area contributed by atoms with E-state index in [2.05, 4.69) is 4.99 Å². The van der Waals surface area contributed by atoms with Crippen LogP contribution in [0.25, 0.3) is 0 Å². The summed E-state index contributed by atoms with van der Waals surface area (Å²) < 4.78 is 16.1. The van der Waals surface area contributed by atoms with Crippen molar-refractivity contribution < 1.29 is 14.2 Å². The van der Waals surface area contributed by atoms with Crippen molar-refractivity contribution in [3.8, 4) is 17.2 Å². The minimum absolute atomic E-state index is 0.460. The maximum Gasteiger partial charge on any atom is 0.195 e. The highest BCUT2D eigenvalue weighted by Gasteiger charge is 2.14. The number of guanidine groups is 1. The van der Waals surface area contributed by atoms with E-state index < -0.39 is 0 Å². The lowest BCUT2D eigenvalue weighted by Crippen LogP contribution is -2.35. The lowest BCUT2D eigenvalue weighted by molar-refractivity contribution is 0.368. The van der Waals surface area contributed by atoms with Crippen LogP contribution in [0, 0.1) is 0 Å². The van der Waals surface area contributed by atoms with Crippen molar-refractivity contribution in [2.24, 2.45) is 4.99 Å². The summed E-state index contributed by atoms with van der Waals surface area (Å²) in [7, 11) is 12.7. The van der Waals surface area contributed by atoms with E-state index in [1.807, 2.05) is 50.1 Å². The Bertz CT molecular complexity index is 464. The Hall–Kier alpha value is -2.11. The van der Waals surface area contributed by atoms with E-state index in [-0.39, 0.29) is 0 Å². The van der Waals surface area contributed by atoms with Gasteiger partial charge in [-0.25, -0.2) is 4.99 Å². The molecule has 1 aromatic rings. The van der Waals surface area contributed by atoms with Gasteiger partial charge in [0, 0.05) is 40.3 Å². The van der Waals surface area contributed by atoms with Crippen LogP contribution in [-0.2, 0) is 6.54 Å². The zero-order valence-electron chi connectivity index (χ0n) is 13.9. The van der Waals surface area contributed by atoms with E-state index in [1.165, 1.54) is 0 Å². The molecule has 0 aliphatic carbocycles. The van der Waals surface area contributed by atoms with Crippen molar-refractivity contribution in [2.45, 2.75) is 6.54 Å². The van der Waals surface area contributed by atoms with Crippen molar-refractivity contribution in [3.05, 3.63) is 17.7 Å². The molecule has 6 heteroatoms. The number of aliphatic imine (C=N–C) groups is 1. The van der Waals surface area contributed by atoms with Crippen molar-refractivity contribution >= 4 is 5.96 Å². The van der Waals surface area contributed by atoms with E-state index >= 15 is 0 Å². The molecule has 0 saturated heterocycles. The van der Waals surface area contributed by atoms with Gasteiger partial charge >= 0.3 is 0 Å². The molecule has 0 heterocycles. The number of hydrogen-bond donors (Lipinski definition) is 0. The number of nitrogens with zero attached hydrogens (tertiary/aromatic N) is 3. The number of benzene rings is 1. The van der Waals surface area contributed by atoms with Crippen LogP contribution < -0.4 is 14.2 Å². The van der Waals surface area contributed by atoms with Crippen LogP contribution in [0.5, 0.6) is 17.2 Å². The second-order valence-electron chi connectivity index (χ2n) is 4.92. The first-order valence-electron chi connectivity index (χ1n) is 6.62. The molecule has 0 bridgehead atoms. The highest BCUT2D eigenvalue weighted by Crippen LogP contribution is 2.34. The summed E-state index contributed by atoms with van der Waals surface area (Å²) in [6.45, 7) is 0.460. The van der Waals surface area contributed by atoms with E-state index in [4.69, 9.17) is 14.2 Å². The quantitative estimate of drug-likeness (QED) is 0.611. The predicted molar refractivity (Wildman–Crippen MR) is 84.6 cm³/mol. The molecule has 0 fully saturated rings. The zero-order valence-corrected chi connectivity index (χ0v) is 13.9. The summed E-state index contributed by atoms with van der Waals surface area (Å²) in [6.07, 6.45) is 0. The van der Waals surface area contributed by atoms with Crippen molar-refractivity contribution in [1.82, 2.24) is 9.80 Å². The van der Waals surface area contributed by atoms with Crippen molar-refractivity contribution in [1.29, 1.82) is 0 Å². The molecule has 0 amide bonds. The molecule has 0 unspecified atom stereocenters. The van der Waals surface area contributed by atoms with E-state index in [0.717, 1.165) is 11.5 Å². The first-order valence-corrected chi connectivity index (χ1v) is 6.62. The maximum atomic E-state index is 5.43. The van der Waals surface area contributed by atoms with Gasteiger partial charge in [-0.15, -0.1) is 0 Å². The van der Waals surface area contributed by atoms with Crippen LogP contribution in [0.4, 0.5) is 0 Å². The average molecular weight is 295 g/mol. The van der Waals surface area contributed by atoms with Gasteiger partial charge in [0.15, 0.2) is 5.96 Å². The van der Waals surface area contributed by atoms with Gasteiger partial charge in [-0.1, -0.05) is 0 Å². The highest BCUT2D eigenvalue weighted by atomic mass is 16.5. The zero-order chi connectivity index (χ0) is 16.0. The molecule has 0 spiro atoms. The van der Waals surface area contributed by atoms with Gasteiger partial charge in [0.05, 0.1) is 33.4 Å². The first-order chi connectivity index (χ1) is 9.94. The molecule has 21 heavy (non-hydrogen) atoms. The molecule has 1 rings (SSSR count). The van der Waals surface area contributed by atoms with Crippen LogP contribution >= 0.6 is 0 Å². The highest BCUT2D eigenvalue weighted by molar-refractivity contribution is 5.79. The van der Waals surface area contributed by atoms with Gasteiger partial charge in [0.2, 0.25) is 0 Å². The van der Waals surface area contributed by atoms with Crippen LogP contribution in [0.2, 0.25) is 0 Å². The minimum Gasteiger partial charge on any atom is -0.496 e. The fourth-order valence-corrected chi connectivity index (χ4v) is 2.07. The molecule has 6 nitrogen and oxygen atoms in total. The van der Waals surface area contributed by atoms with Crippen molar-refractivity contribution in [2.75, 3.05) is 49.5 Å². The number of ether oxygens (including phenoxy) is 3. The van der Waals surface area contributed by atoms with Crippen molar-refractivity contribution in [3.63, 3.8) is 0 Å². The SMILES string of the molecule is COc1cc(OC)c(CN=C(N(C)C)N(C)C)c(OC)c1. The van der Waals surface area contributed by atoms with E-state index in [1.54, 1.807) is 21.3 Å². The number of methoxy groups -OCH3 is 3. The summed E-state index contributed by atoms with van der Waals surface area (Å²) in [5.41, 5.74) is 0.891. The standard InChI is InChI=1S/C15H25N3O3/c1-17(2)15(18(3)4)16-10-12-13(20-6)8-11(19-5)9-14(12)21-7/h8-9H,10H2,1-7H3. The third-order valence-corrected chi connectivity index (χ3v) is 3.00. The smallest absolute Gasteiger partial charge is 0.195 e. The van der Waals surface area contributed by atoms with Gasteiger partial charge in [-0.05, 0) is 0 Å². The van der Waals surface area contributed by atoms with Crippen LogP contribution in [0.15, 0.2) is 17.1 Å². The Labute approximate surface area is 126 Å². The molecule has 0 radical (unpaired) electrons. The summed E-state index contributed by atoms with van der Waals surface area (Å²) in [4.78, 5) is 8.55. The van der Waals surface area contributed by atoms with Gasteiger partial charge in [-0.2, -0.15) is 0 Å². The predicted octanol–water partition coefficient (Wildman–Crippen LogP) is 1.69. The summed E-state index contributed by atoms with van der Waals surface area (Å²) in [5.74, 6) is 2.96. The number of hydrogen-bond acceptors (Lipinski definition) is 4. The summed E-state index contributed by atoms with van der Waals surface area (Å²) in [5, 5.41) is 0. The Morgan fingerprint density at radius 3 is 1.71 bits per heavy atom. The lowest BCUT2D eigenvalue weighted by Gasteiger charge is -2.23. The molecule has 1 aromatic carbocycles. The monoisotopic (exact) mass is 295 g/mol. The molecule has 0 aliphatic heterocycles. The minimum atomic E-state index is 0.460. The summed E-state index contributed by atoms with van der Waals surface area (Å²) >= 11 is 0. The van der Waals surface area contributed by atoms with Crippen LogP contribution in [0.3, 0.4) is 0 Å². The van der Waals surface area contributed by atoms with Gasteiger partial charge < -0.3 is 24.0 Å². The fraction of sp³-hybridized carbons (Fsp3) is 0.533. The molecular formula is C15H25N3O3. The third kappa shape index (κ3) is 4.18. The lowest BCUT2D eigenvalue weighted by atomic mass is 10.1. The van der Waals surface area contributed by atoms with E-state index in [9.17, 15) is 0 Å². The maximum absolute atomic E-state index is 5.43. The molecule has 118 valence electrons. The topological polar surface area (TPSA) is 46.5 Å². The molecule has 0 aliphatic rings. The van der Waals surface area contributed by atoms with Crippen LogP contribution in [-0.4, -0.2) is 65.3 Å². The molecule has 0 atom stereocenters. The second kappa shape index (κ2) is 7.61. The van der Waals surface area contributed by atoms with Gasteiger partial charge in [0.25, 0.3) is 0 Å². The Kier molecular flexibility index (Phi) is 6.14. The fourth-order valence-electron chi connectivity index (χ4n) is 2.07. The number of rotatable bonds is 5. The molecule has 0 N–H and O–H groups in total. The van der Waals surface area contributed by atoms with Crippen LogP contribution in [0.1, 0.15) is 5.56 Å². The summed E-state index contributed by atoms with van der Waals surface area (Å²) in [6, 6.07) is 3.66.